The first-order valence-corrected chi connectivity index (χ1v) is 8.88. The molecule has 4 nitrogen and oxygen atoms in total. The van der Waals surface area contributed by atoms with Crippen LogP contribution < -0.4 is 5.32 Å². The molecule has 2 aromatic rings. The molecule has 0 aliphatic carbocycles. The molecular weight excluding hydrogens is 417 g/mol. The van der Waals surface area contributed by atoms with Gasteiger partial charge in [-0.1, -0.05) is 30.3 Å². The fourth-order valence-corrected chi connectivity index (χ4v) is 2.58. The van der Waals surface area contributed by atoms with Gasteiger partial charge in [0.2, 0.25) is 0 Å². The largest absolute Gasteiger partial charge is 0.452 e. The molecule has 0 bridgehead atoms. The molecule has 0 aliphatic heterocycles. The van der Waals surface area contributed by atoms with Crippen molar-refractivity contribution < 1.29 is 14.3 Å². The zero-order valence-corrected chi connectivity index (χ0v) is 15.7. The van der Waals surface area contributed by atoms with Crippen molar-refractivity contribution in [3.05, 3.63) is 69.3 Å². The van der Waals surface area contributed by atoms with E-state index in [1.54, 1.807) is 12.1 Å². The van der Waals surface area contributed by atoms with Gasteiger partial charge >= 0.3 is 5.97 Å². The maximum Gasteiger partial charge on any atom is 0.338 e. The van der Waals surface area contributed by atoms with E-state index in [0.29, 0.717) is 5.56 Å². The molecule has 0 saturated heterocycles. The van der Waals surface area contributed by atoms with E-state index in [-0.39, 0.29) is 18.6 Å². The van der Waals surface area contributed by atoms with Crippen molar-refractivity contribution in [3.8, 4) is 0 Å². The van der Waals surface area contributed by atoms with Gasteiger partial charge in [0.1, 0.15) is 0 Å². The zero-order chi connectivity index (χ0) is 17.4. The Balaban J connectivity index is 1.70. The van der Waals surface area contributed by atoms with E-state index in [4.69, 9.17) is 4.74 Å². The van der Waals surface area contributed by atoms with Crippen molar-refractivity contribution in [1.82, 2.24) is 5.32 Å². The van der Waals surface area contributed by atoms with Gasteiger partial charge in [-0.15, -0.1) is 0 Å². The number of benzene rings is 2. The molecule has 126 valence electrons. The monoisotopic (exact) mass is 437 g/mol. The molecule has 2 rings (SSSR count). The van der Waals surface area contributed by atoms with Crippen molar-refractivity contribution in [2.45, 2.75) is 25.8 Å². The Labute approximate surface area is 155 Å². The first-order valence-electron chi connectivity index (χ1n) is 7.80. The summed E-state index contributed by atoms with van der Waals surface area (Å²) in [5.41, 5.74) is 1.68. The SMILES string of the molecule is C[C@H](CCc1ccccc1)NC(=O)COC(=O)c1ccc(I)cc1. The van der Waals surface area contributed by atoms with Gasteiger partial charge < -0.3 is 10.1 Å². The topological polar surface area (TPSA) is 55.4 Å². The van der Waals surface area contributed by atoms with Crippen LogP contribution in [0, 0.1) is 3.57 Å². The summed E-state index contributed by atoms with van der Waals surface area (Å²) < 4.78 is 6.08. The smallest absolute Gasteiger partial charge is 0.338 e. The third-order valence-electron chi connectivity index (χ3n) is 3.53. The van der Waals surface area contributed by atoms with Gasteiger partial charge in [-0.2, -0.15) is 0 Å². The van der Waals surface area contributed by atoms with Crippen LogP contribution in [0.4, 0.5) is 0 Å². The summed E-state index contributed by atoms with van der Waals surface area (Å²) in [7, 11) is 0. The minimum absolute atomic E-state index is 0.0229. The molecule has 24 heavy (non-hydrogen) atoms. The highest BCUT2D eigenvalue weighted by Gasteiger charge is 2.12. The Bertz CT molecular complexity index is 671. The van der Waals surface area contributed by atoms with Crippen molar-refractivity contribution in [2.24, 2.45) is 0 Å². The Hall–Kier alpha value is -1.89. The van der Waals surface area contributed by atoms with Gasteiger partial charge in [0.05, 0.1) is 5.56 Å². The van der Waals surface area contributed by atoms with Crippen LogP contribution in [0.3, 0.4) is 0 Å². The van der Waals surface area contributed by atoms with Crippen molar-refractivity contribution in [2.75, 3.05) is 6.61 Å². The van der Waals surface area contributed by atoms with Crippen LogP contribution in [0.1, 0.15) is 29.3 Å². The lowest BCUT2D eigenvalue weighted by Crippen LogP contribution is -2.36. The molecule has 0 heterocycles. The van der Waals surface area contributed by atoms with Crippen molar-refractivity contribution >= 4 is 34.5 Å². The number of hydrogen-bond donors (Lipinski definition) is 1. The minimum atomic E-state index is -0.488. The highest BCUT2D eigenvalue weighted by atomic mass is 127. The molecule has 0 fully saturated rings. The number of nitrogens with one attached hydrogen (secondary N) is 1. The zero-order valence-electron chi connectivity index (χ0n) is 13.5. The van der Waals surface area contributed by atoms with Gasteiger partial charge in [-0.25, -0.2) is 4.79 Å². The normalized spacial score (nSPS) is 11.6. The van der Waals surface area contributed by atoms with Crippen LogP contribution in [0.2, 0.25) is 0 Å². The average molecular weight is 437 g/mol. The predicted molar refractivity (Wildman–Crippen MR) is 102 cm³/mol. The van der Waals surface area contributed by atoms with E-state index in [1.165, 1.54) is 5.56 Å². The molecule has 1 atom stereocenters. The highest BCUT2D eigenvalue weighted by Crippen LogP contribution is 2.08. The van der Waals surface area contributed by atoms with Gasteiger partial charge in [-0.05, 0) is 72.2 Å². The van der Waals surface area contributed by atoms with Crippen LogP contribution in [0.5, 0.6) is 0 Å². The summed E-state index contributed by atoms with van der Waals surface area (Å²) in [6, 6.07) is 17.2. The number of halogens is 1. The molecule has 1 amide bonds. The lowest BCUT2D eigenvalue weighted by atomic mass is 10.1. The number of carbonyl (C=O) groups excluding carboxylic acids is 2. The standard InChI is InChI=1S/C19H20INO3/c1-14(7-8-15-5-3-2-4-6-15)21-18(22)13-24-19(23)16-9-11-17(20)12-10-16/h2-6,9-12,14H,7-8,13H2,1H3,(H,21,22)/t14-/m1/s1. The summed E-state index contributed by atoms with van der Waals surface area (Å²) in [6.07, 6.45) is 1.73. The number of hydrogen-bond acceptors (Lipinski definition) is 3. The van der Waals surface area contributed by atoms with Crippen LogP contribution in [0.25, 0.3) is 0 Å². The van der Waals surface area contributed by atoms with E-state index >= 15 is 0 Å². The van der Waals surface area contributed by atoms with Gasteiger partial charge in [0, 0.05) is 9.61 Å². The molecule has 0 aromatic heterocycles. The second-order valence-corrected chi connectivity index (χ2v) is 6.82. The number of aryl methyl sites for hydroxylation is 1. The van der Waals surface area contributed by atoms with Crippen LogP contribution in [0.15, 0.2) is 54.6 Å². The first kappa shape index (κ1) is 18.4. The highest BCUT2D eigenvalue weighted by molar-refractivity contribution is 14.1. The van der Waals surface area contributed by atoms with E-state index in [1.807, 2.05) is 37.3 Å². The molecule has 0 aliphatic rings. The lowest BCUT2D eigenvalue weighted by Gasteiger charge is -2.14. The van der Waals surface area contributed by atoms with Crippen molar-refractivity contribution in [3.63, 3.8) is 0 Å². The average Bonchev–Trinajstić information content (AvgIpc) is 2.59. The number of amides is 1. The van der Waals surface area contributed by atoms with E-state index in [9.17, 15) is 9.59 Å². The molecule has 1 N–H and O–H groups in total. The third kappa shape index (κ3) is 6.31. The van der Waals surface area contributed by atoms with Crippen LogP contribution >= 0.6 is 22.6 Å². The minimum Gasteiger partial charge on any atom is -0.452 e. The molecule has 0 unspecified atom stereocenters. The van der Waals surface area contributed by atoms with E-state index in [0.717, 1.165) is 16.4 Å². The number of rotatable bonds is 7. The van der Waals surface area contributed by atoms with Gasteiger partial charge in [0.15, 0.2) is 6.61 Å². The van der Waals surface area contributed by atoms with Crippen molar-refractivity contribution in [1.29, 1.82) is 0 Å². The summed E-state index contributed by atoms with van der Waals surface area (Å²) in [5, 5.41) is 2.85. The maximum atomic E-state index is 11.9. The fraction of sp³-hybridized carbons (Fsp3) is 0.263. The Kier molecular flexibility index (Phi) is 7.24. The summed E-state index contributed by atoms with van der Waals surface area (Å²) >= 11 is 2.16. The maximum absolute atomic E-state index is 11.9. The van der Waals surface area contributed by atoms with E-state index < -0.39 is 5.97 Å². The summed E-state index contributed by atoms with van der Waals surface area (Å²) in [4.78, 5) is 23.7. The number of esters is 1. The third-order valence-corrected chi connectivity index (χ3v) is 4.25. The predicted octanol–water partition coefficient (Wildman–Crippen LogP) is 3.59. The van der Waals surface area contributed by atoms with Gasteiger partial charge in [0.25, 0.3) is 5.91 Å². The van der Waals surface area contributed by atoms with E-state index in [2.05, 4.69) is 40.0 Å². The summed E-state index contributed by atoms with van der Waals surface area (Å²) in [5.74, 6) is -0.770. The molecule has 5 heteroatoms. The molecule has 2 aromatic carbocycles. The number of ether oxygens (including phenoxy) is 1. The Morgan fingerprint density at radius 2 is 1.75 bits per heavy atom. The lowest BCUT2D eigenvalue weighted by molar-refractivity contribution is -0.124. The van der Waals surface area contributed by atoms with Gasteiger partial charge in [-0.3, -0.25) is 4.79 Å². The second kappa shape index (κ2) is 9.42. The second-order valence-electron chi connectivity index (χ2n) is 5.58. The molecule has 0 spiro atoms. The Morgan fingerprint density at radius 3 is 2.42 bits per heavy atom. The number of carbonyl (C=O) groups is 2. The first-order chi connectivity index (χ1) is 11.5. The quantitative estimate of drug-likeness (QED) is 0.532. The molecular formula is C19H20INO3. The summed E-state index contributed by atoms with van der Waals surface area (Å²) in [6.45, 7) is 1.68. The van der Waals surface area contributed by atoms with Crippen LogP contribution in [-0.4, -0.2) is 24.5 Å². The fourth-order valence-electron chi connectivity index (χ4n) is 2.22. The molecule has 0 saturated carbocycles. The van der Waals surface area contributed by atoms with Crippen LogP contribution in [-0.2, 0) is 16.0 Å². The molecule has 0 radical (unpaired) electrons. The Morgan fingerprint density at radius 1 is 1.08 bits per heavy atom.